The molecule has 4 aromatic rings. The second kappa shape index (κ2) is 17.9. The van der Waals surface area contributed by atoms with Crippen molar-refractivity contribution < 1.29 is 28.2 Å². The van der Waals surface area contributed by atoms with E-state index in [1.165, 1.54) is 17.1 Å². The summed E-state index contributed by atoms with van der Waals surface area (Å²) >= 11 is 0. The van der Waals surface area contributed by atoms with Crippen molar-refractivity contribution in [2.75, 3.05) is 27.4 Å². The van der Waals surface area contributed by atoms with Crippen molar-refractivity contribution in [3.63, 3.8) is 0 Å². The Kier molecular flexibility index (Phi) is 13.6. The van der Waals surface area contributed by atoms with Crippen LogP contribution in [0.5, 0.6) is 11.5 Å². The third kappa shape index (κ3) is 9.41. The van der Waals surface area contributed by atoms with Gasteiger partial charge in [0, 0.05) is 12.1 Å². The van der Waals surface area contributed by atoms with Gasteiger partial charge in [-0.05, 0) is 68.7 Å². The Morgan fingerprint density at radius 1 is 0.918 bits per heavy atom. The molecule has 13 heteroatoms. The normalized spacial score (nSPS) is 13.0. The number of nitro groups is 1. The molecular formula is C36H44N5O7P. The first-order valence-electron chi connectivity index (χ1n) is 16.0. The lowest BCUT2D eigenvalue weighted by Crippen LogP contribution is -2.39. The standard InChI is InChI=1S/C36H44N5O7P/c1-27(2)40(28(3)4)49(47-22-10-21-37)48-35(25-39-24-32(23-38-39)41(42)43)26-46-36(29-11-8-7-9-12-29,30-13-17-33(44-5)18-14-30)31-15-19-34(45-6)20-16-31/h7-9,11-20,23-24,27-28,35H,10,22,25-26H2,1-6H3/t35-,49?/m1/s1. The molecular weight excluding hydrogens is 645 g/mol. The predicted molar refractivity (Wildman–Crippen MR) is 187 cm³/mol. The Morgan fingerprint density at radius 2 is 1.47 bits per heavy atom. The van der Waals surface area contributed by atoms with Gasteiger partial charge in [-0.3, -0.25) is 14.8 Å². The highest BCUT2D eigenvalue weighted by molar-refractivity contribution is 7.44. The minimum Gasteiger partial charge on any atom is -0.497 e. The molecule has 260 valence electrons. The Balaban J connectivity index is 1.83. The molecule has 12 nitrogen and oxygen atoms in total. The highest BCUT2D eigenvalue weighted by Crippen LogP contribution is 2.48. The van der Waals surface area contributed by atoms with Crippen molar-refractivity contribution >= 4 is 14.2 Å². The second-order valence-electron chi connectivity index (χ2n) is 11.8. The lowest BCUT2D eigenvalue weighted by molar-refractivity contribution is -0.385. The van der Waals surface area contributed by atoms with E-state index in [1.807, 2.05) is 78.9 Å². The summed E-state index contributed by atoms with van der Waals surface area (Å²) in [5, 5.41) is 25.0. The molecule has 2 atom stereocenters. The maximum atomic E-state index is 11.5. The summed E-state index contributed by atoms with van der Waals surface area (Å²) in [5.41, 5.74) is 1.30. The maximum Gasteiger partial charge on any atom is 0.306 e. The van der Waals surface area contributed by atoms with E-state index in [0.29, 0.717) is 11.5 Å². The Labute approximate surface area is 289 Å². The van der Waals surface area contributed by atoms with Crippen LogP contribution in [-0.2, 0) is 25.9 Å². The van der Waals surface area contributed by atoms with Gasteiger partial charge < -0.3 is 23.3 Å². The molecule has 0 saturated heterocycles. The van der Waals surface area contributed by atoms with Crippen LogP contribution >= 0.6 is 8.53 Å². The second-order valence-corrected chi connectivity index (χ2v) is 13.2. The number of nitriles is 1. The van der Waals surface area contributed by atoms with Gasteiger partial charge in [-0.15, -0.1) is 0 Å². The number of hydrogen-bond donors (Lipinski definition) is 0. The van der Waals surface area contributed by atoms with E-state index in [1.54, 1.807) is 14.2 Å². The van der Waals surface area contributed by atoms with E-state index >= 15 is 0 Å². The van der Waals surface area contributed by atoms with Gasteiger partial charge >= 0.3 is 5.69 Å². The number of rotatable bonds is 19. The fraction of sp³-hybridized carbons (Fsp3) is 0.389. The highest BCUT2D eigenvalue weighted by atomic mass is 31.2. The molecule has 0 fully saturated rings. The molecule has 0 aliphatic heterocycles. The molecule has 0 radical (unpaired) electrons. The molecule has 0 aliphatic carbocycles. The topological polar surface area (TPSA) is 134 Å². The van der Waals surface area contributed by atoms with E-state index < -0.39 is 25.2 Å². The van der Waals surface area contributed by atoms with Crippen LogP contribution in [0.4, 0.5) is 5.69 Å². The molecule has 0 N–H and O–H groups in total. The zero-order valence-electron chi connectivity index (χ0n) is 28.8. The number of aromatic nitrogens is 2. The van der Waals surface area contributed by atoms with Crippen LogP contribution < -0.4 is 9.47 Å². The SMILES string of the molecule is COc1ccc(C(OC[C@@H](Cn2cc([N+](=O)[O-])cn2)OP(OCCC#N)N(C(C)C)C(C)C)(c2ccccc2)c2ccc(OC)cc2)cc1. The molecule has 0 bridgehead atoms. The molecule has 1 unspecified atom stereocenters. The lowest BCUT2D eigenvalue weighted by atomic mass is 9.80. The summed E-state index contributed by atoms with van der Waals surface area (Å²) in [5.74, 6) is 1.40. The minimum absolute atomic E-state index is 0.0328. The average molecular weight is 690 g/mol. The molecule has 0 amide bonds. The first kappa shape index (κ1) is 37.4. The summed E-state index contributed by atoms with van der Waals surface area (Å²) < 4.78 is 34.8. The third-order valence-electron chi connectivity index (χ3n) is 7.78. The van der Waals surface area contributed by atoms with Crippen molar-refractivity contribution in [3.05, 3.63) is 118 Å². The van der Waals surface area contributed by atoms with E-state index in [-0.39, 0.29) is 44.0 Å². The average Bonchev–Trinajstić information content (AvgIpc) is 3.58. The lowest BCUT2D eigenvalue weighted by Gasteiger charge is -2.39. The molecule has 0 saturated carbocycles. The number of nitrogens with zero attached hydrogens (tertiary/aromatic N) is 5. The minimum atomic E-state index is -1.69. The van der Waals surface area contributed by atoms with Gasteiger partial charge in [0.2, 0.25) is 0 Å². The van der Waals surface area contributed by atoms with Crippen LogP contribution in [0, 0.1) is 21.4 Å². The van der Waals surface area contributed by atoms with Crippen LogP contribution in [-0.4, -0.2) is 65.0 Å². The van der Waals surface area contributed by atoms with Crippen molar-refractivity contribution in [1.82, 2.24) is 14.5 Å². The Hall–Kier alpha value is -4.37. The van der Waals surface area contributed by atoms with E-state index in [4.69, 9.17) is 23.3 Å². The van der Waals surface area contributed by atoms with Gasteiger partial charge in [0.1, 0.15) is 35.6 Å². The zero-order valence-corrected chi connectivity index (χ0v) is 29.7. The molecule has 0 aliphatic rings. The molecule has 1 aromatic heterocycles. The fourth-order valence-corrected chi connectivity index (χ4v) is 7.27. The largest absolute Gasteiger partial charge is 0.497 e. The summed E-state index contributed by atoms with van der Waals surface area (Å²) in [7, 11) is 1.56. The molecule has 4 rings (SSSR count). The van der Waals surface area contributed by atoms with Gasteiger partial charge in [-0.1, -0.05) is 54.6 Å². The van der Waals surface area contributed by atoms with E-state index in [9.17, 15) is 15.4 Å². The highest BCUT2D eigenvalue weighted by Gasteiger charge is 2.40. The zero-order chi connectivity index (χ0) is 35.4. The van der Waals surface area contributed by atoms with Crippen molar-refractivity contribution in [2.45, 2.75) is 64.4 Å². The summed E-state index contributed by atoms with van der Waals surface area (Å²) in [6.45, 7) is 8.58. The number of ether oxygens (including phenoxy) is 3. The van der Waals surface area contributed by atoms with E-state index in [2.05, 4.69) is 43.5 Å². The van der Waals surface area contributed by atoms with Crippen molar-refractivity contribution in [3.8, 4) is 17.6 Å². The maximum absolute atomic E-state index is 11.5. The first-order chi connectivity index (χ1) is 23.6. The third-order valence-corrected chi connectivity index (χ3v) is 9.96. The summed E-state index contributed by atoms with van der Waals surface area (Å²) in [4.78, 5) is 11.0. The Morgan fingerprint density at radius 3 is 1.94 bits per heavy atom. The summed E-state index contributed by atoms with van der Waals surface area (Å²) in [6, 6.07) is 27.6. The Bertz CT molecular complexity index is 1590. The molecule has 49 heavy (non-hydrogen) atoms. The van der Waals surface area contributed by atoms with Crippen LogP contribution in [0.3, 0.4) is 0 Å². The van der Waals surface area contributed by atoms with Crippen LogP contribution in [0.1, 0.15) is 50.8 Å². The summed E-state index contributed by atoms with van der Waals surface area (Å²) in [6.07, 6.45) is 2.09. The van der Waals surface area contributed by atoms with Gasteiger partial charge in [0.05, 0.1) is 51.4 Å². The molecule has 1 heterocycles. The number of methoxy groups -OCH3 is 2. The smallest absolute Gasteiger partial charge is 0.306 e. The first-order valence-corrected chi connectivity index (χ1v) is 17.2. The van der Waals surface area contributed by atoms with E-state index in [0.717, 1.165) is 16.7 Å². The van der Waals surface area contributed by atoms with Crippen molar-refractivity contribution in [1.29, 1.82) is 5.26 Å². The van der Waals surface area contributed by atoms with Crippen LogP contribution in [0.25, 0.3) is 0 Å². The van der Waals surface area contributed by atoms with Crippen LogP contribution in [0.15, 0.2) is 91.3 Å². The number of benzene rings is 3. The van der Waals surface area contributed by atoms with Gasteiger partial charge in [0.25, 0.3) is 8.53 Å². The van der Waals surface area contributed by atoms with Crippen LogP contribution in [0.2, 0.25) is 0 Å². The molecule has 0 spiro atoms. The van der Waals surface area contributed by atoms with Gasteiger partial charge in [-0.25, -0.2) is 4.67 Å². The predicted octanol–water partition coefficient (Wildman–Crippen LogP) is 7.48. The van der Waals surface area contributed by atoms with Crippen molar-refractivity contribution in [2.24, 2.45) is 0 Å². The molecule has 3 aromatic carbocycles. The fourth-order valence-electron chi connectivity index (χ4n) is 5.59. The van der Waals surface area contributed by atoms with Gasteiger partial charge in [-0.2, -0.15) is 10.4 Å². The monoisotopic (exact) mass is 689 g/mol. The van der Waals surface area contributed by atoms with Gasteiger partial charge in [0.15, 0.2) is 0 Å². The quantitative estimate of drug-likeness (QED) is 0.0321. The number of hydrogen-bond acceptors (Lipinski definition) is 10.